The molecule has 1 aliphatic rings. The van der Waals surface area contributed by atoms with Gasteiger partial charge >= 0.3 is 0 Å². The molecule has 6 nitrogen and oxygen atoms in total. The molecular weight excluding hydrogens is 330 g/mol. The molecule has 26 heavy (non-hydrogen) atoms. The van der Waals surface area contributed by atoms with Crippen LogP contribution in [0, 0.1) is 6.92 Å². The van der Waals surface area contributed by atoms with Crippen LogP contribution < -0.4 is 4.74 Å². The number of rotatable bonds is 5. The van der Waals surface area contributed by atoms with Gasteiger partial charge in [-0.15, -0.1) is 0 Å². The van der Waals surface area contributed by atoms with Crippen LogP contribution in [0.2, 0.25) is 0 Å². The first-order valence-corrected chi connectivity index (χ1v) is 8.97. The molecule has 1 fully saturated rings. The number of ether oxygens (including phenoxy) is 1. The predicted octanol–water partition coefficient (Wildman–Crippen LogP) is 4.03. The lowest BCUT2D eigenvalue weighted by Crippen LogP contribution is -2.34. The zero-order valence-electron chi connectivity index (χ0n) is 15.1. The highest BCUT2D eigenvalue weighted by Gasteiger charge is 2.25. The normalized spacial score (nSPS) is 18.2. The maximum Gasteiger partial charge on any atom is 0.223 e. The predicted molar refractivity (Wildman–Crippen MR) is 97.0 cm³/mol. The number of aromatic nitrogens is 2. The van der Waals surface area contributed by atoms with Crippen LogP contribution in [0.15, 0.2) is 45.3 Å². The summed E-state index contributed by atoms with van der Waals surface area (Å²) in [6.07, 6.45) is 2.23. The lowest BCUT2D eigenvalue weighted by Gasteiger charge is -2.30. The monoisotopic (exact) mass is 353 g/mol. The summed E-state index contributed by atoms with van der Waals surface area (Å²) >= 11 is 0. The van der Waals surface area contributed by atoms with E-state index < -0.39 is 0 Å². The number of likely N-dealkylation sites (tertiary alicyclic amines) is 1. The van der Waals surface area contributed by atoms with Crippen molar-refractivity contribution in [3.05, 3.63) is 53.9 Å². The van der Waals surface area contributed by atoms with Crippen LogP contribution >= 0.6 is 0 Å². The Hall–Kier alpha value is -2.60. The number of hydrogen-bond donors (Lipinski definition) is 0. The van der Waals surface area contributed by atoms with Crippen molar-refractivity contribution in [1.29, 1.82) is 0 Å². The van der Waals surface area contributed by atoms with Gasteiger partial charge in [0.2, 0.25) is 5.89 Å². The van der Waals surface area contributed by atoms with E-state index in [0.29, 0.717) is 11.8 Å². The highest BCUT2D eigenvalue weighted by Crippen LogP contribution is 2.28. The lowest BCUT2D eigenvalue weighted by atomic mass is 9.97. The fourth-order valence-electron chi connectivity index (χ4n) is 3.48. The Labute approximate surface area is 152 Å². The van der Waals surface area contributed by atoms with Crippen LogP contribution in [0.4, 0.5) is 0 Å². The summed E-state index contributed by atoms with van der Waals surface area (Å²) in [5.41, 5.74) is 1.05. The van der Waals surface area contributed by atoms with Crippen molar-refractivity contribution in [2.24, 2.45) is 0 Å². The number of furan rings is 1. The Morgan fingerprint density at radius 2 is 2.04 bits per heavy atom. The van der Waals surface area contributed by atoms with Crippen molar-refractivity contribution in [3.63, 3.8) is 0 Å². The van der Waals surface area contributed by atoms with Crippen LogP contribution in [0.5, 0.6) is 5.75 Å². The van der Waals surface area contributed by atoms with Crippen molar-refractivity contribution >= 4 is 0 Å². The highest BCUT2D eigenvalue weighted by atomic mass is 16.5. The van der Waals surface area contributed by atoms with E-state index in [2.05, 4.69) is 21.1 Å². The Kier molecular flexibility index (Phi) is 4.75. The third-order valence-electron chi connectivity index (χ3n) is 4.83. The van der Waals surface area contributed by atoms with Crippen molar-refractivity contribution in [2.45, 2.75) is 32.2 Å². The standard InChI is InChI=1S/C20H23N3O3/c1-14-21-20(22-26-14)16-4-3-11-23(12-16)13-18-9-10-19(25-18)15-5-7-17(24-2)8-6-15/h5-10,16H,3-4,11-13H2,1-2H3/t16-/m0/s1. The van der Waals surface area contributed by atoms with E-state index in [-0.39, 0.29) is 0 Å². The first-order chi connectivity index (χ1) is 12.7. The molecule has 0 spiro atoms. The van der Waals surface area contributed by atoms with Gasteiger partial charge in [-0.05, 0) is 55.8 Å². The molecule has 0 bridgehead atoms. The zero-order valence-corrected chi connectivity index (χ0v) is 15.1. The molecule has 0 N–H and O–H groups in total. The summed E-state index contributed by atoms with van der Waals surface area (Å²) in [7, 11) is 1.67. The Morgan fingerprint density at radius 3 is 2.77 bits per heavy atom. The van der Waals surface area contributed by atoms with Gasteiger partial charge < -0.3 is 13.7 Å². The Morgan fingerprint density at radius 1 is 1.19 bits per heavy atom. The Bertz CT molecular complexity index is 853. The van der Waals surface area contributed by atoms with E-state index in [4.69, 9.17) is 13.7 Å². The molecule has 1 saturated heterocycles. The molecule has 0 aliphatic carbocycles. The summed E-state index contributed by atoms with van der Waals surface area (Å²) in [5, 5.41) is 4.09. The molecular formula is C20H23N3O3. The van der Waals surface area contributed by atoms with Gasteiger partial charge in [-0.3, -0.25) is 4.90 Å². The van der Waals surface area contributed by atoms with Gasteiger partial charge in [-0.2, -0.15) is 4.98 Å². The molecule has 0 radical (unpaired) electrons. The molecule has 1 aromatic carbocycles. The summed E-state index contributed by atoms with van der Waals surface area (Å²) in [4.78, 5) is 6.79. The second kappa shape index (κ2) is 7.33. The van der Waals surface area contributed by atoms with Gasteiger partial charge in [0.15, 0.2) is 5.82 Å². The SMILES string of the molecule is COc1ccc(-c2ccc(CN3CCC[C@H](c4noc(C)n4)C3)o2)cc1. The van der Waals surface area contributed by atoms with Crippen LogP contribution in [-0.2, 0) is 6.54 Å². The van der Waals surface area contributed by atoms with Crippen LogP contribution in [0.25, 0.3) is 11.3 Å². The first kappa shape index (κ1) is 16.8. The third-order valence-corrected chi connectivity index (χ3v) is 4.83. The number of piperidine rings is 1. The fraction of sp³-hybridized carbons (Fsp3) is 0.400. The second-order valence-corrected chi connectivity index (χ2v) is 6.74. The molecule has 1 aliphatic heterocycles. The molecule has 0 saturated carbocycles. The topological polar surface area (TPSA) is 64.5 Å². The molecule has 2 aromatic heterocycles. The highest BCUT2D eigenvalue weighted by molar-refractivity contribution is 5.58. The molecule has 0 amide bonds. The van der Waals surface area contributed by atoms with Gasteiger partial charge in [0.1, 0.15) is 17.3 Å². The van der Waals surface area contributed by atoms with E-state index >= 15 is 0 Å². The number of aryl methyl sites for hydroxylation is 1. The third kappa shape index (κ3) is 3.65. The van der Waals surface area contributed by atoms with Crippen LogP contribution in [-0.4, -0.2) is 35.2 Å². The Balaban J connectivity index is 1.41. The minimum absolute atomic E-state index is 0.331. The smallest absolute Gasteiger partial charge is 0.223 e. The molecule has 3 aromatic rings. The minimum atomic E-state index is 0.331. The van der Waals surface area contributed by atoms with Crippen molar-refractivity contribution in [1.82, 2.24) is 15.0 Å². The van der Waals surface area contributed by atoms with E-state index in [1.807, 2.05) is 37.3 Å². The fourth-order valence-corrected chi connectivity index (χ4v) is 3.48. The first-order valence-electron chi connectivity index (χ1n) is 8.97. The maximum absolute atomic E-state index is 6.06. The number of hydrogen-bond acceptors (Lipinski definition) is 6. The minimum Gasteiger partial charge on any atom is -0.497 e. The zero-order chi connectivity index (χ0) is 17.9. The number of nitrogens with zero attached hydrogens (tertiary/aromatic N) is 3. The number of benzene rings is 1. The average Bonchev–Trinajstić information content (AvgIpc) is 3.31. The van der Waals surface area contributed by atoms with Gasteiger partial charge in [-0.1, -0.05) is 5.16 Å². The quantitative estimate of drug-likeness (QED) is 0.690. The largest absolute Gasteiger partial charge is 0.497 e. The summed E-state index contributed by atoms with van der Waals surface area (Å²) in [5.74, 6) is 4.48. The molecule has 4 rings (SSSR count). The molecule has 6 heteroatoms. The van der Waals surface area contributed by atoms with Gasteiger partial charge in [0.05, 0.1) is 13.7 Å². The molecule has 3 heterocycles. The lowest BCUT2D eigenvalue weighted by molar-refractivity contribution is 0.182. The van der Waals surface area contributed by atoms with E-state index in [9.17, 15) is 0 Å². The van der Waals surface area contributed by atoms with E-state index in [1.165, 1.54) is 0 Å². The molecule has 1 atom stereocenters. The maximum atomic E-state index is 6.06. The van der Waals surface area contributed by atoms with Crippen molar-refractivity contribution in [3.8, 4) is 17.1 Å². The second-order valence-electron chi connectivity index (χ2n) is 6.74. The van der Waals surface area contributed by atoms with Gasteiger partial charge in [0.25, 0.3) is 0 Å². The average molecular weight is 353 g/mol. The summed E-state index contributed by atoms with van der Waals surface area (Å²) in [6, 6.07) is 12.0. The van der Waals surface area contributed by atoms with E-state index in [1.54, 1.807) is 7.11 Å². The van der Waals surface area contributed by atoms with Crippen molar-refractivity contribution in [2.75, 3.05) is 20.2 Å². The van der Waals surface area contributed by atoms with Gasteiger partial charge in [0, 0.05) is 24.9 Å². The molecule has 136 valence electrons. The van der Waals surface area contributed by atoms with Gasteiger partial charge in [-0.25, -0.2) is 0 Å². The van der Waals surface area contributed by atoms with Crippen LogP contribution in [0.3, 0.4) is 0 Å². The molecule has 0 unspecified atom stereocenters. The summed E-state index contributed by atoms with van der Waals surface area (Å²) in [6.45, 7) is 4.62. The summed E-state index contributed by atoms with van der Waals surface area (Å²) < 4.78 is 16.4. The van der Waals surface area contributed by atoms with Crippen LogP contribution in [0.1, 0.15) is 36.2 Å². The van der Waals surface area contributed by atoms with Crippen molar-refractivity contribution < 1.29 is 13.7 Å². The number of methoxy groups -OCH3 is 1. The van der Waals surface area contributed by atoms with E-state index in [0.717, 1.165) is 61.1 Å².